The third-order valence-corrected chi connectivity index (χ3v) is 6.29. The number of methoxy groups -OCH3 is 1. The van der Waals surface area contributed by atoms with Crippen LogP contribution in [0.15, 0.2) is 18.2 Å². The van der Waals surface area contributed by atoms with Crippen LogP contribution < -0.4 is 9.47 Å². The number of nitrogens with zero attached hydrogens (tertiary/aromatic N) is 1. The number of ether oxygens (including phenoxy) is 3. The van der Waals surface area contributed by atoms with Gasteiger partial charge in [-0.15, -0.1) is 0 Å². The van der Waals surface area contributed by atoms with Crippen LogP contribution in [0, 0.1) is 5.41 Å². The predicted molar refractivity (Wildman–Crippen MR) is 86.2 cm³/mol. The lowest BCUT2D eigenvalue weighted by atomic mass is 9.51. The van der Waals surface area contributed by atoms with Crippen molar-refractivity contribution in [2.75, 3.05) is 27.0 Å². The number of aliphatic hydroxyl groups is 1. The van der Waals surface area contributed by atoms with Gasteiger partial charge in [0, 0.05) is 37.6 Å². The smallest absolute Gasteiger partial charge is 0.253 e. The van der Waals surface area contributed by atoms with Gasteiger partial charge in [-0.05, 0) is 38.0 Å². The van der Waals surface area contributed by atoms with Crippen LogP contribution in [0.5, 0.6) is 11.5 Å². The van der Waals surface area contributed by atoms with E-state index >= 15 is 0 Å². The van der Waals surface area contributed by atoms with Gasteiger partial charge in [-0.3, -0.25) is 4.79 Å². The lowest BCUT2D eigenvalue weighted by molar-refractivity contribution is -0.259. The molecule has 24 heavy (non-hydrogen) atoms. The summed E-state index contributed by atoms with van der Waals surface area (Å²) in [6, 6.07) is 5.29. The van der Waals surface area contributed by atoms with Crippen LogP contribution in [0.3, 0.4) is 0 Å². The topological polar surface area (TPSA) is 68.2 Å². The van der Waals surface area contributed by atoms with Gasteiger partial charge < -0.3 is 24.2 Å². The van der Waals surface area contributed by atoms with E-state index in [2.05, 4.69) is 6.92 Å². The maximum Gasteiger partial charge on any atom is 0.253 e. The molecule has 2 heterocycles. The second-order valence-electron chi connectivity index (χ2n) is 7.17. The Labute approximate surface area is 141 Å². The summed E-state index contributed by atoms with van der Waals surface area (Å²) < 4.78 is 16.3. The Morgan fingerprint density at radius 3 is 2.67 bits per heavy atom. The summed E-state index contributed by atoms with van der Waals surface area (Å²) >= 11 is 0. The Bertz CT molecular complexity index is 667. The average Bonchev–Trinajstić information content (AvgIpc) is 3.08. The van der Waals surface area contributed by atoms with Gasteiger partial charge in [0.05, 0.1) is 11.7 Å². The van der Waals surface area contributed by atoms with Crippen molar-refractivity contribution in [1.82, 2.24) is 4.90 Å². The molecule has 1 aliphatic carbocycles. The highest BCUT2D eigenvalue weighted by Crippen LogP contribution is 2.58. The maximum absolute atomic E-state index is 12.8. The van der Waals surface area contributed by atoms with Crippen LogP contribution in [-0.2, 0) is 4.74 Å². The third-order valence-electron chi connectivity index (χ3n) is 6.29. The summed E-state index contributed by atoms with van der Waals surface area (Å²) in [7, 11) is 1.71. The quantitative estimate of drug-likeness (QED) is 0.894. The number of hydrogen-bond acceptors (Lipinski definition) is 5. The minimum atomic E-state index is -0.342. The fourth-order valence-electron chi connectivity index (χ4n) is 4.46. The first-order valence-electron chi connectivity index (χ1n) is 8.41. The lowest BCUT2D eigenvalue weighted by Gasteiger charge is -2.62. The normalized spacial score (nSPS) is 30.3. The van der Waals surface area contributed by atoms with E-state index in [1.807, 2.05) is 4.90 Å². The average molecular weight is 333 g/mol. The predicted octanol–water partition coefficient (Wildman–Crippen LogP) is 1.81. The molecule has 1 saturated carbocycles. The molecular formula is C18H23NO5. The van der Waals surface area contributed by atoms with Crippen LogP contribution in [0.1, 0.15) is 36.5 Å². The Hall–Kier alpha value is -1.79. The van der Waals surface area contributed by atoms with E-state index in [-0.39, 0.29) is 29.8 Å². The molecule has 6 nitrogen and oxygen atoms in total. The van der Waals surface area contributed by atoms with Crippen molar-refractivity contribution in [1.29, 1.82) is 0 Å². The number of carbonyl (C=O) groups is 1. The van der Waals surface area contributed by atoms with Gasteiger partial charge in [0.1, 0.15) is 0 Å². The number of piperidine rings is 1. The highest BCUT2D eigenvalue weighted by Gasteiger charge is 2.63. The highest BCUT2D eigenvalue weighted by atomic mass is 16.7. The minimum absolute atomic E-state index is 0.00363. The number of amides is 1. The number of carbonyl (C=O) groups excluding carboxylic acids is 1. The summed E-state index contributed by atoms with van der Waals surface area (Å²) in [5.41, 5.74) is 0.0899. The third kappa shape index (κ3) is 2.06. The van der Waals surface area contributed by atoms with Gasteiger partial charge in [0.2, 0.25) is 6.79 Å². The summed E-state index contributed by atoms with van der Waals surface area (Å²) in [6.45, 7) is 3.52. The lowest BCUT2D eigenvalue weighted by Crippen LogP contribution is -2.69. The number of fused-ring (bicyclic) bond motifs is 1. The zero-order valence-electron chi connectivity index (χ0n) is 14.1. The monoisotopic (exact) mass is 333 g/mol. The number of hydrogen-bond donors (Lipinski definition) is 1. The molecular weight excluding hydrogens is 310 g/mol. The van der Waals surface area contributed by atoms with Crippen LogP contribution in [0.2, 0.25) is 0 Å². The molecule has 2 fully saturated rings. The SMILES string of the molecule is CO[C@@]1(C)C[C@@H](O)C12CCN(C(=O)c1ccc3c(c1)OCO3)CC2. The summed E-state index contributed by atoms with van der Waals surface area (Å²) in [5.74, 6) is 1.30. The van der Waals surface area contributed by atoms with Crippen molar-refractivity contribution in [3.63, 3.8) is 0 Å². The van der Waals surface area contributed by atoms with E-state index in [0.717, 1.165) is 12.8 Å². The molecule has 1 saturated heterocycles. The largest absolute Gasteiger partial charge is 0.454 e. The fourth-order valence-corrected chi connectivity index (χ4v) is 4.46. The summed E-state index contributed by atoms with van der Waals surface area (Å²) in [5, 5.41) is 10.3. The molecule has 1 aromatic carbocycles. The van der Waals surface area contributed by atoms with Gasteiger partial charge in [0.25, 0.3) is 5.91 Å². The fraction of sp³-hybridized carbons (Fsp3) is 0.611. The van der Waals surface area contributed by atoms with Crippen molar-refractivity contribution >= 4 is 5.91 Å². The molecule has 0 unspecified atom stereocenters. The molecule has 1 spiro atoms. The Morgan fingerprint density at radius 1 is 1.29 bits per heavy atom. The Balaban J connectivity index is 1.47. The van der Waals surface area contributed by atoms with Gasteiger partial charge in [0.15, 0.2) is 11.5 Å². The first-order valence-corrected chi connectivity index (χ1v) is 8.41. The van der Waals surface area contributed by atoms with E-state index in [1.54, 1.807) is 25.3 Å². The molecule has 0 bridgehead atoms. The first kappa shape index (κ1) is 15.7. The van der Waals surface area contributed by atoms with Crippen LogP contribution in [0.4, 0.5) is 0 Å². The van der Waals surface area contributed by atoms with Gasteiger partial charge in [-0.2, -0.15) is 0 Å². The van der Waals surface area contributed by atoms with Crippen molar-refractivity contribution in [3.8, 4) is 11.5 Å². The zero-order valence-corrected chi connectivity index (χ0v) is 14.1. The van der Waals surface area contributed by atoms with Gasteiger partial charge >= 0.3 is 0 Å². The molecule has 2 aliphatic heterocycles. The Kier molecular flexibility index (Phi) is 3.51. The Morgan fingerprint density at radius 2 is 2.00 bits per heavy atom. The minimum Gasteiger partial charge on any atom is -0.454 e. The molecule has 1 amide bonds. The van der Waals surface area contributed by atoms with Crippen LogP contribution in [-0.4, -0.2) is 54.6 Å². The van der Waals surface area contributed by atoms with Crippen LogP contribution >= 0.6 is 0 Å². The molecule has 2 atom stereocenters. The number of benzene rings is 1. The van der Waals surface area contributed by atoms with Gasteiger partial charge in [-0.25, -0.2) is 0 Å². The van der Waals surface area contributed by atoms with Crippen molar-refractivity contribution in [2.45, 2.75) is 37.9 Å². The van der Waals surface area contributed by atoms with Crippen molar-refractivity contribution in [2.24, 2.45) is 5.41 Å². The van der Waals surface area contributed by atoms with E-state index in [1.165, 1.54) is 0 Å². The number of aliphatic hydroxyl groups excluding tert-OH is 1. The number of rotatable bonds is 2. The molecule has 0 radical (unpaired) electrons. The molecule has 1 aromatic rings. The second-order valence-corrected chi connectivity index (χ2v) is 7.17. The molecule has 4 rings (SSSR count). The van der Waals surface area contributed by atoms with E-state index in [9.17, 15) is 9.90 Å². The molecule has 3 aliphatic rings. The van der Waals surface area contributed by atoms with E-state index in [4.69, 9.17) is 14.2 Å². The first-order chi connectivity index (χ1) is 11.5. The van der Waals surface area contributed by atoms with E-state index < -0.39 is 0 Å². The standard InChI is InChI=1S/C18H23NO5/c1-17(22-2)10-15(20)18(17)5-7-19(8-6-18)16(21)12-3-4-13-14(9-12)24-11-23-13/h3-4,9,15,20H,5-8,10-11H2,1-2H3/t15-,17+/m1/s1. The maximum atomic E-state index is 12.8. The zero-order chi connectivity index (χ0) is 16.9. The second kappa shape index (κ2) is 5.36. The van der Waals surface area contributed by atoms with E-state index in [0.29, 0.717) is 36.6 Å². The van der Waals surface area contributed by atoms with Crippen molar-refractivity contribution < 1.29 is 24.1 Å². The summed E-state index contributed by atoms with van der Waals surface area (Å²) in [4.78, 5) is 14.6. The van der Waals surface area contributed by atoms with Gasteiger partial charge in [-0.1, -0.05) is 0 Å². The van der Waals surface area contributed by atoms with Crippen molar-refractivity contribution in [3.05, 3.63) is 23.8 Å². The molecule has 130 valence electrons. The summed E-state index contributed by atoms with van der Waals surface area (Å²) in [6.07, 6.45) is 1.84. The number of likely N-dealkylation sites (tertiary alicyclic amines) is 1. The molecule has 0 aromatic heterocycles. The molecule has 6 heteroatoms. The molecule has 1 N–H and O–H groups in total. The van der Waals surface area contributed by atoms with Crippen LogP contribution in [0.25, 0.3) is 0 Å². The highest BCUT2D eigenvalue weighted by molar-refractivity contribution is 5.95.